The van der Waals surface area contributed by atoms with E-state index in [0.717, 1.165) is 24.7 Å². The van der Waals surface area contributed by atoms with Crippen LogP contribution in [0.25, 0.3) is 0 Å². The van der Waals surface area contributed by atoms with Gasteiger partial charge in [-0.05, 0) is 38.9 Å². The van der Waals surface area contributed by atoms with Gasteiger partial charge in [0.2, 0.25) is 0 Å². The van der Waals surface area contributed by atoms with Crippen LogP contribution < -0.4 is 10.6 Å². The lowest BCUT2D eigenvalue weighted by atomic mass is 10.1. The Labute approximate surface area is 78.5 Å². The van der Waals surface area contributed by atoms with E-state index in [1.807, 2.05) is 19.1 Å². The average Bonchev–Trinajstić information content (AvgIpc) is 2.53. The largest absolute Gasteiger partial charge is 0.446 e. The maximum Gasteiger partial charge on any atom is 0.193 e. The number of nitrogens with one attached hydrogen (secondary N) is 2. The molecule has 0 atom stereocenters. The molecule has 3 nitrogen and oxygen atoms in total. The number of rotatable bonds is 2. The van der Waals surface area contributed by atoms with Crippen molar-refractivity contribution in [2.75, 3.05) is 18.4 Å². The monoisotopic (exact) mass is 180 g/mol. The highest BCUT2D eigenvalue weighted by molar-refractivity contribution is 5.33. The van der Waals surface area contributed by atoms with Crippen molar-refractivity contribution in [3.8, 4) is 0 Å². The Morgan fingerprint density at radius 1 is 1.38 bits per heavy atom. The molecule has 1 fully saturated rings. The molecule has 1 aliphatic heterocycles. The van der Waals surface area contributed by atoms with Gasteiger partial charge < -0.3 is 15.1 Å². The molecule has 3 heteroatoms. The molecule has 0 aliphatic carbocycles. The molecular weight excluding hydrogens is 164 g/mol. The van der Waals surface area contributed by atoms with Crippen LogP contribution in [0.1, 0.15) is 18.6 Å². The molecule has 0 bridgehead atoms. The van der Waals surface area contributed by atoms with Crippen LogP contribution in [-0.2, 0) is 0 Å². The average molecular weight is 180 g/mol. The van der Waals surface area contributed by atoms with Crippen LogP contribution in [-0.4, -0.2) is 19.1 Å². The third-order valence-electron chi connectivity index (χ3n) is 2.43. The minimum atomic E-state index is 0.576. The number of aryl methyl sites for hydroxylation is 1. The second kappa shape index (κ2) is 3.83. The van der Waals surface area contributed by atoms with Gasteiger partial charge in [0.25, 0.3) is 0 Å². The van der Waals surface area contributed by atoms with Gasteiger partial charge in [-0.25, -0.2) is 0 Å². The first-order valence-electron chi connectivity index (χ1n) is 4.88. The smallest absolute Gasteiger partial charge is 0.193 e. The Hall–Kier alpha value is -0.960. The molecule has 2 N–H and O–H groups in total. The van der Waals surface area contributed by atoms with Crippen molar-refractivity contribution in [3.63, 3.8) is 0 Å². The molecule has 2 rings (SSSR count). The molecule has 1 saturated heterocycles. The Morgan fingerprint density at radius 3 is 2.77 bits per heavy atom. The fraction of sp³-hybridized carbons (Fsp3) is 0.600. The zero-order valence-electron chi connectivity index (χ0n) is 7.97. The SMILES string of the molecule is Cc1ccc(NC2CCNCC2)o1. The summed E-state index contributed by atoms with van der Waals surface area (Å²) in [6, 6.07) is 4.56. The van der Waals surface area contributed by atoms with Crippen LogP contribution in [0.3, 0.4) is 0 Å². The quantitative estimate of drug-likeness (QED) is 0.728. The number of anilines is 1. The number of furan rings is 1. The highest BCUT2D eigenvalue weighted by atomic mass is 16.4. The van der Waals surface area contributed by atoms with E-state index in [0.29, 0.717) is 6.04 Å². The second-order valence-electron chi connectivity index (χ2n) is 3.58. The lowest BCUT2D eigenvalue weighted by Crippen LogP contribution is -2.35. The minimum Gasteiger partial charge on any atom is -0.446 e. The van der Waals surface area contributed by atoms with Gasteiger partial charge in [0.05, 0.1) is 0 Å². The molecule has 1 aliphatic rings. The fourth-order valence-electron chi connectivity index (χ4n) is 1.68. The topological polar surface area (TPSA) is 37.2 Å². The van der Waals surface area contributed by atoms with E-state index in [-0.39, 0.29) is 0 Å². The van der Waals surface area contributed by atoms with Gasteiger partial charge in [0, 0.05) is 12.1 Å². The molecule has 2 heterocycles. The Bertz CT molecular complexity index is 264. The molecule has 1 aromatic rings. The standard InChI is InChI=1S/C10H16N2O/c1-8-2-3-10(13-8)12-9-4-6-11-7-5-9/h2-3,9,11-12H,4-7H2,1H3. The first kappa shape index (κ1) is 8.63. The summed E-state index contributed by atoms with van der Waals surface area (Å²) in [6.07, 6.45) is 2.36. The van der Waals surface area contributed by atoms with Gasteiger partial charge in [-0.2, -0.15) is 0 Å². The molecule has 0 spiro atoms. The highest BCUT2D eigenvalue weighted by Gasteiger charge is 2.13. The van der Waals surface area contributed by atoms with E-state index >= 15 is 0 Å². The van der Waals surface area contributed by atoms with Crippen molar-refractivity contribution in [1.82, 2.24) is 5.32 Å². The molecule has 1 aromatic heterocycles. The lowest BCUT2D eigenvalue weighted by molar-refractivity contribution is 0.461. The Balaban J connectivity index is 1.89. The van der Waals surface area contributed by atoms with Crippen molar-refractivity contribution in [3.05, 3.63) is 17.9 Å². The first-order valence-corrected chi connectivity index (χ1v) is 4.88. The van der Waals surface area contributed by atoms with E-state index in [1.165, 1.54) is 12.8 Å². The maximum atomic E-state index is 5.45. The second-order valence-corrected chi connectivity index (χ2v) is 3.58. The minimum absolute atomic E-state index is 0.576. The van der Waals surface area contributed by atoms with Crippen molar-refractivity contribution in [1.29, 1.82) is 0 Å². The van der Waals surface area contributed by atoms with Crippen molar-refractivity contribution >= 4 is 5.88 Å². The zero-order valence-corrected chi connectivity index (χ0v) is 7.97. The molecule has 0 unspecified atom stereocenters. The molecule has 0 saturated carbocycles. The van der Waals surface area contributed by atoms with Crippen molar-refractivity contribution in [2.45, 2.75) is 25.8 Å². The molecular formula is C10H16N2O. The highest BCUT2D eigenvalue weighted by Crippen LogP contribution is 2.16. The molecule has 0 radical (unpaired) electrons. The summed E-state index contributed by atoms with van der Waals surface area (Å²) in [6.45, 7) is 4.18. The number of piperidine rings is 1. The summed E-state index contributed by atoms with van der Waals surface area (Å²) < 4.78 is 5.45. The van der Waals surface area contributed by atoms with Crippen molar-refractivity contribution in [2.24, 2.45) is 0 Å². The summed E-state index contributed by atoms with van der Waals surface area (Å²) in [5, 5.41) is 6.73. The predicted molar refractivity (Wildman–Crippen MR) is 53.0 cm³/mol. The van der Waals surface area contributed by atoms with Gasteiger partial charge in [0.1, 0.15) is 5.76 Å². The van der Waals surface area contributed by atoms with Gasteiger partial charge >= 0.3 is 0 Å². The summed E-state index contributed by atoms with van der Waals surface area (Å²) in [5.41, 5.74) is 0. The normalized spacial score (nSPS) is 18.8. The van der Waals surface area contributed by atoms with Crippen LogP contribution >= 0.6 is 0 Å². The summed E-state index contributed by atoms with van der Waals surface area (Å²) in [5.74, 6) is 1.88. The third kappa shape index (κ3) is 2.25. The summed E-state index contributed by atoms with van der Waals surface area (Å²) in [4.78, 5) is 0. The summed E-state index contributed by atoms with van der Waals surface area (Å²) in [7, 11) is 0. The van der Waals surface area contributed by atoms with Crippen LogP contribution in [0.15, 0.2) is 16.5 Å². The van der Waals surface area contributed by atoms with Gasteiger partial charge in [0.15, 0.2) is 5.88 Å². The van der Waals surface area contributed by atoms with E-state index in [1.54, 1.807) is 0 Å². The first-order chi connectivity index (χ1) is 6.34. The van der Waals surface area contributed by atoms with E-state index in [2.05, 4.69) is 10.6 Å². The van der Waals surface area contributed by atoms with Crippen LogP contribution in [0.5, 0.6) is 0 Å². The molecule has 72 valence electrons. The maximum absolute atomic E-state index is 5.45. The van der Waals surface area contributed by atoms with Crippen molar-refractivity contribution < 1.29 is 4.42 Å². The Morgan fingerprint density at radius 2 is 2.15 bits per heavy atom. The predicted octanol–water partition coefficient (Wildman–Crippen LogP) is 1.75. The number of hydrogen-bond donors (Lipinski definition) is 2. The summed E-state index contributed by atoms with van der Waals surface area (Å²) >= 11 is 0. The zero-order chi connectivity index (χ0) is 9.10. The lowest BCUT2D eigenvalue weighted by Gasteiger charge is -2.23. The van der Waals surface area contributed by atoms with Crippen LogP contribution in [0.4, 0.5) is 5.88 Å². The van der Waals surface area contributed by atoms with E-state index in [9.17, 15) is 0 Å². The molecule has 0 aromatic carbocycles. The fourth-order valence-corrected chi connectivity index (χ4v) is 1.68. The molecule has 13 heavy (non-hydrogen) atoms. The van der Waals surface area contributed by atoms with E-state index < -0.39 is 0 Å². The third-order valence-corrected chi connectivity index (χ3v) is 2.43. The van der Waals surface area contributed by atoms with Crippen LogP contribution in [0.2, 0.25) is 0 Å². The van der Waals surface area contributed by atoms with Crippen LogP contribution in [0, 0.1) is 6.92 Å². The van der Waals surface area contributed by atoms with Gasteiger partial charge in [-0.15, -0.1) is 0 Å². The van der Waals surface area contributed by atoms with Gasteiger partial charge in [-0.3, -0.25) is 0 Å². The Kier molecular flexibility index (Phi) is 2.54. The number of hydrogen-bond acceptors (Lipinski definition) is 3. The van der Waals surface area contributed by atoms with E-state index in [4.69, 9.17) is 4.42 Å². The molecule has 0 amide bonds. The van der Waals surface area contributed by atoms with Gasteiger partial charge in [-0.1, -0.05) is 0 Å².